The van der Waals surface area contributed by atoms with Crippen molar-refractivity contribution in [1.29, 1.82) is 0 Å². The standard InChI is InChI=1S/C16H22FN3O/c1-16(2)15(21)18-7-8-20(16)14-6-3-12(17)9-11(14)10-19-13-4-5-13/h3,6,9,13,19H,4-5,7-8,10H2,1-2H3,(H,18,21). The fraction of sp³-hybridized carbons (Fsp3) is 0.562. The van der Waals surface area contributed by atoms with E-state index in [-0.39, 0.29) is 11.7 Å². The molecular weight excluding hydrogens is 269 g/mol. The molecular formula is C16H22FN3O. The van der Waals surface area contributed by atoms with Crippen LogP contribution in [0.3, 0.4) is 0 Å². The van der Waals surface area contributed by atoms with Gasteiger partial charge in [0.1, 0.15) is 11.4 Å². The molecule has 2 N–H and O–H groups in total. The highest BCUT2D eigenvalue weighted by Gasteiger charge is 2.38. The van der Waals surface area contributed by atoms with Gasteiger partial charge in [0, 0.05) is 31.4 Å². The van der Waals surface area contributed by atoms with Crippen molar-refractivity contribution in [2.75, 3.05) is 18.0 Å². The van der Waals surface area contributed by atoms with Crippen LogP contribution in [0.5, 0.6) is 0 Å². The number of carbonyl (C=O) groups is 1. The third-order valence-electron chi connectivity index (χ3n) is 4.34. The minimum absolute atomic E-state index is 0.0131. The van der Waals surface area contributed by atoms with E-state index in [2.05, 4.69) is 15.5 Å². The van der Waals surface area contributed by atoms with Gasteiger partial charge >= 0.3 is 0 Å². The molecule has 0 radical (unpaired) electrons. The van der Waals surface area contributed by atoms with Crippen molar-refractivity contribution in [3.8, 4) is 0 Å². The van der Waals surface area contributed by atoms with Crippen LogP contribution in [0.1, 0.15) is 32.3 Å². The number of hydrogen-bond donors (Lipinski definition) is 2. The van der Waals surface area contributed by atoms with Gasteiger partial charge in [-0.25, -0.2) is 4.39 Å². The molecule has 21 heavy (non-hydrogen) atoms. The van der Waals surface area contributed by atoms with Gasteiger partial charge in [-0.15, -0.1) is 0 Å². The lowest BCUT2D eigenvalue weighted by Crippen LogP contribution is -2.62. The Kier molecular flexibility index (Phi) is 3.61. The molecule has 1 saturated heterocycles. The van der Waals surface area contributed by atoms with Crippen molar-refractivity contribution >= 4 is 11.6 Å². The quantitative estimate of drug-likeness (QED) is 0.889. The lowest BCUT2D eigenvalue weighted by atomic mass is 9.96. The van der Waals surface area contributed by atoms with E-state index in [1.807, 2.05) is 13.8 Å². The van der Waals surface area contributed by atoms with Gasteiger partial charge in [0.2, 0.25) is 5.91 Å². The second-order valence-corrected chi connectivity index (χ2v) is 6.39. The summed E-state index contributed by atoms with van der Waals surface area (Å²) in [6.07, 6.45) is 2.39. The number of carbonyl (C=O) groups excluding carboxylic acids is 1. The van der Waals surface area contributed by atoms with Crippen LogP contribution in [-0.2, 0) is 11.3 Å². The molecule has 1 aromatic carbocycles. The summed E-state index contributed by atoms with van der Waals surface area (Å²) in [6, 6.07) is 5.41. The molecule has 5 heteroatoms. The van der Waals surface area contributed by atoms with E-state index in [9.17, 15) is 9.18 Å². The highest BCUT2D eigenvalue weighted by atomic mass is 19.1. The maximum atomic E-state index is 13.6. The van der Waals surface area contributed by atoms with Crippen molar-refractivity contribution in [3.05, 3.63) is 29.6 Å². The minimum Gasteiger partial charge on any atom is -0.355 e. The monoisotopic (exact) mass is 291 g/mol. The summed E-state index contributed by atoms with van der Waals surface area (Å²) in [5.41, 5.74) is 1.25. The Labute approximate surface area is 124 Å². The van der Waals surface area contributed by atoms with Crippen molar-refractivity contribution in [3.63, 3.8) is 0 Å². The predicted octanol–water partition coefficient (Wildman–Crippen LogP) is 1.79. The number of benzene rings is 1. The molecule has 0 spiro atoms. The molecule has 0 atom stereocenters. The van der Waals surface area contributed by atoms with Gasteiger partial charge < -0.3 is 15.5 Å². The van der Waals surface area contributed by atoms with Gasteiger partial charge in [0.25, 0.3) is 0 Å². The molecule has 0 bridgehead atoms. The minimum atomic E-state index is -0.621. The number of halogens is 1. The van der Waals surface area contributed by atoms with E-state index in [0.717, 1.165) is 17.8 Å². The van der Waals surface area contributed by atoms with E-state index < -0.39 is 5.54 Å². The van der Waals surface area contributed by atoms with E-state index in [1.54, 1.807) is 12.1 Å². The Hall–Kier alpha value is -1.62. The van der Waals surface area contributed by atoms with Crippen molar-refractivity contribution < 1.29 is 9.18 Å². The fourth-order valence-corrected chi connectivity index (χ4v) is 2.82. The summed E-state index contributed by atoms with van der Waals surface area (Å²) in [5, 5.41) is 6.32. The first kappa shape index (κ1) is 14.3. The number of piperazine rings is 1. The van der Waals surface area contributed by atoms with Gasteiger partial charge in [-0.05, 0) is 50.5 Å². The van der Waals surface area contributed by atoms with Gasteiger partial charge in [-0.1, -0.05) is 0 Å². The van der Waals surface area contributed by atoms with Crippen LogP contribution in [0.25, 0.3) is 0 Å². The third kappa shape index (κ3) is 2.88. The Morgan fingerprint density at radius 1 is 1.43 bits per heavy atom. The van der Waals surface area contributed by atoms with E-state index >= 15 is 0 Å². The Balaban J connectivity index is 1.90. The number of nitrogens with zero attached hydrogens (tertiary/aromatic N) is 1. The van der Waals surface area contributed by atoms with Crippen LogP contribution < -0.4 is 15.5 Å². The molecule has 114 valence electrons. The Bertz CT molecular complexity index is 554. The van der Waals surface area contributed by atoms with Crippen LogP contribution in [0.15, 0.2) is 18.2 Å². The molecule has 0 unspecified atom stereocenters. The van der Waals surface area contributed by atoms with Crippen LogP contribution in [-0.4, -0.2) is 30.6 Å². The summed E-state index contributed by atoms with van der Waals surface area (Å²) in [4.78, 5) is 14.2. The van der Waals surface area contributed by atoms with Gasteiger partial charge in [0.05, 0.1) is 0 Å². The number of rotatable bonds is 4. The number of hydrogen-bond acceptors (Lipinski definition) is 3. The van der Waals surface area contributed by atoms with Crippen molar-refractivity contribution in [2.45, 2.75) is 44.8 Å². The first-order valence-corrected chi connectivity index (χ1v) is 7.56. The number of nitrogens with one attached hydrogen (secondary N) is 2. The largest absolute Gasteiger partial charge is 0.355 e. The second kappa shape index (κ2) is 5.30. The lowest BCUT2D eigenvalue weighted by Gasteiger charge is -2.43. The Morgan fingerprint density at radius 2 is 2.19 bits per heavy atom. The second-order valence-electron chi connectivity index (χ2n) is 6.39. The van der Waals surface area contributed by atoms with Gasteiger partial charge in [-0.3, -0.25) is 4.79 Å². The fourth-order valence-electron chi connectivity index (χ4n) is 2.82. The average Bonchev–Trinajstić information content (AvgIpc) is 3.24. The van der Waals surface area contributed by atoms with E-state index in [1.165, 1.54) is 18.9 Å². The Morgan fingerprint density at radius 3 is 2.90 bits per heavy atom. The predicted molar refractivity (Wildman–Crippen MR) is 80.7 cm³/mol. The van der Waals surface area contributed by atoms with Gasteiger partial charge in [-0.2, -0.15) is 0 Å². The molecule has 1 saturated carbocycles. The maximum absolute atomic E-state index is 13.6. The summed E-state index contributed by atoms with van der Waals surface area (Å²) < 4.78 is 13.6. The van der Waals surface area contributed by atoms with E-state index in [0.29, 0.717) is 19.1 Å². The molecule has 0 aromatic heterocycles. The summed E-state index contributed by atoms with van der Waals surface area (Å²) in [6.45, 7) is 5.81. The molecule has 1 aliphatic heterocycles. The highest BCUT2D eigenvalue weighted by molar-refractivity contribution is 5.90. The molecule has 2 fully saturated rings. The summed E-state index contributed by atoms with van der Waals surface area (Å²) in [7, 11) is 0. The van der Waals surface area contributed by atoms with Crippen LogP contribution in [0.2, 0.25) is 0 Å². The molecule has 1 aromatic rings. The SMILES string of the molecule is CC1(C)C(=O)NCCN1c1ccc(F)cc1CNC1CC1. The third-order valence-corrected chi connectivity index (χ3v) is 4.34. The molecule has 1 heterocycles. The van der Waals surface area contributed by atoms with Gasteiger partial charge in [0.15, 0.2) is 0 Å². The molecule has 1 amide bonds. The molecule has 2 aliphatic rings. The van der Waals surface area contributed by atoms with Crippen molar-refractivity contribution in [2.24, 2.45) is 0 Å². The topological polar surface area (TPSA) is 44.4 Å². The summed E-state index contributed by atoms with van der Waals surface area (Å²) in [5.74, 6) is -0.218. The number of anilines is 1. The zero-order valence-electron chi connectivity index (χ0n) is 12.6. The average molecular weight is 291 g/mol. The smallest absolute Gasteiger partial charge is 0.245 e. The van der Waals surface area contributed by atoms with Crippen LogP contribution in [0.4, 0.5) is 10.1 Å². The normalized spacial score (nSPS) is 21.3. The number of amides is 1. The molecule has 3 rings (SSSR count). The first-order valence-electron chi connectivity index (χ1n) is 7.56. The first-order chi connectivity index (χ1) is 9.98. The van der Waals surface area contributed by atoms with Crippen LogP contribution in [0, 0.1) is 5.82 Å². The van der Waals surface area contributed by atoms with Crippen molar-refractivity contribution in [1.82, 2.24) is 10.6 Å². The highest BCUT2D eigenvalue weighted by Crippen LogP contribution is 2.30. The summed E-state index contributed by atoms with van der Waals surface area (Å²) >= 11 is 0. The van der Waals surface area contributed by atoms with E-state index in [4.69, 9.17) is 0 Å². The van der Waals surface area contributed by atoms with Crippen LogP contribution >= 0.6 is 0 Å². The zero-order chi connectivity index (χ0) is 15.0. The maximum Gasteiger partial charge on any atom is 0.245 e. The molecule has 1 aliphatic carbocycles. The molecule has 4 nitrogen and oxygen atoms in total. The zero-order valence-corrected chi connectivity index (χ0v) is 12.6. The lowest BCUT2D eigenvalue weighted by molar-refractivity contribution is -0.126.